The van der Waals surface area contributed by atoms with Gasteiger partial charge in [0, 0.05) is 26.7 Å². The van der Waals surface area contributed by atoms with Gasteiger partial charge in [-0.1, -0.05) is 0 Å². The third kappa shape index (κ3) is 6.60. The predicted octanol–water partition coefficient (Wildman–Crippen LogP) is -2.03. The van der Waals surface area contributed by atoms with E-state index in [0.29, 0.717) is 0 Å². The van der Waals surface area contributed by atoms with Gasteiger partial charge in [-0.15, -0.1) is 0 Å². The number of amides is 1. The molecule has 0 unspecified atom stereocenters. The van der Waals surface area contributed by atoms with Gasteiger partial charge in [-0.3, -0.25) is 4.79 Å². The molecule has 0 fully saturated rings. The third-order valence-electron chi connectivity index (χ3n) is 2.59. The Hall–Kier alpha value is -0.770. The van der Waals surface area contributed by atoms with Gasteiger partial charge in [0.25, 0.3) is 0 Å². The van der Waals surface area contributed by atoms with E-state index in [1.807, 2.05) is 0 Å². The largest absolute Gasteiger partial charge is 0.388 e. The van der Waals surface area contributed by atoms with Crippen LogP contribution in [0.15, 0.2) is 0 Å². The number of ether oxygens (including phenoxy) is 2. The van der Waals surface area contributed by atoms with Gasteiger partial charge in [0.1, 0.15) is 18.3 Å². The van der Waals surface area contributed by atoms with E-state index in [9.17, 15) is 25.2 Å². The molecule has 0 aromatic rings. The van der Waals surface area contributed by atoms with Crippen LogP contribution in [0.1, 0.15) is 20.8 Å². The minimum atomic E-state index is -1.68. The van der Waals surface area contributed by atoms with E-state index in [0.717, 1.165) is 0 Å². The number of aliphatic hydroxyl groups excluding tert-OH is 4. The van der Waals surface area contributed by atoms with Crippen molar-refractivity contribution in [3.8, 4) is 0 Å². The van der Waals surface area contributed by atoms with E-state index in [-0.39, 0.29) is 25.7 Å². The molecule has 0 aromatic carbocycles. The number of hydrogen-bond acceptors (Lipinski definition) is 7. The summed E-state index contributed by atoms with van der Waals surface area (Å²) in [6.07, 6.45) is -7.39. The molecule has 0 aliphatic heterocycles. The Kier molecular flexibility index (Phi) is 9.64. The molecule has 0 radical (unpaired) electrons. The molecule has 120 valence electrons. The fourth-order valence-corrected chi connectivity index (χ4v) is 1.53. The first-order valence-corrected chi connectivity index (χ1v) is 6.55. The van der Waals surface area contributed by atoms with Gasteiger partial charge in [0.15, 0.2) is 6.29 Å². The molecule has 0 aliphatic rings. The van der Waals surface area contributed by atoms with Crippen molar-refractivity contribution in [3.05, 3.63) is 0 Å². The van der Waals surface area contributed by atoms with Crippen molar-refractivity contribution in [1.82, 2.24) is 5.32 Å². The highest BCUT2D eigenvalue weighted by atomic mass is 16.7. The maximum atomic E-state index is 10.7. The van der Waals surface area contributed by atoms with Crippen molar-refractivity contribution in [2.75, 3.05) is 19.8 Å². The van der Waals surface area contributed by atoms with Crippen molar-refractivity contribution in [3.63, 3.8) is 0 Å². The number of carbonyl (C=O) groups is 1. The monoisotopic (exact) mass is 295 g/mol. The molecule has 0 aromatic heterocycles. The zero-order valence-electron chi connectivity index (χ0n) is 12.0. The molecule has 0 rings (SSSR count). The Morgan fingerprint density at radius 2 is 1.50 bits per heavy atom. The maximum absolute atomic E-state index is 10.7. The standard InChI is InChI=1S/C12H25NO7/c1-4-19-12(20-5-2)11(18)10(17)9(16)8(15)6-13-7(3)14/h8-12,15-18H,4-6H2,1-3H3,(H,13,14)/t8-,9-,10+,11-/m1/s1. The van der Waals surface area contributed by atoms with Gasteiger partial charge in [0.2, 0.25) is 5.91 Å². The minimum absolute atomic E-state index is 0.242. The quantitative estimate of drug-likeness (QED) is 0.294. The second-order valence-electron chi connectivity index (χ2n) is 4.26. The first-order valence-electron chi connectivity index (χ1n) is 6.55. The van der Waals surface area contributed by atoms with E-state index < -0.39 is 30.7 Å². The van der Waals surface area contributed by atoms with Crippen LogP contribution in [0.3, 0.4) is 0 Å². The molecule has 1 amide bonds. The highest BCUT2D eigenvalue weighted by Gasteiger charge is 2.35. The molecular formula is C12H25NO7. The molecule has 20 heavy (non-hydrogen) atoms. The lowest BCUT2D eigenvalue weighted by Gasteiger charge is -2.30. The average Bonchev–Trinajstić information content (AvgIpc) is 2.41. The first-order chi connectivity index (χ1) is 9.34. The van der Waals surface area contributed by atoms with Crippen LogP contribution >= 0.6 is 0 Å². The molecule has 0 saturated carbocycles. The van der Waals surface area contributed by atoms with Crippen LogP contribution in [0.5, 0.6) is 0 Å². The summed E-state index contributed by atoms with van der Waals surface area (Å²) in [5.74, 6) is -0.382. The summed E-state index contributed by atoms with van der Waals surface area (Å²) in [7, 11) is 0. The van der Waals surface area contributed by atoms with E-state index in [4.69, 9.17) is 9.47 Å². The van der Waals surface area contributed by atoms with Crippen LogP contribution in [-0.2, 0) is 14.3 Å². The highest BCUT2D eigenvalue weighted by Crippen LogP contribution is 2.12. The van der Waals surface area contributed by atoms with E-state index in [1.165, 1.54) is 6.92 Å². The SMILES string of the molecule is CCOC(OCC)[C@H](O)[C@@H](O)[C@H](O)[C@H](O)CNC(C)=O. The summed E-state index contributed by atoms with van der Waals surface area (Å²) >= 11 is 0. The summed E-state index contributed by atoms with van der Waals surface area (Å²) in [5, 5.41) is 41.3. The van der Waals surface area contributed by atoms with Crippen molar-refractivity contribution in [1.29, 1.82) is 0 Å². The van der Waals surface area contributed by atoms with Crippen LogP contribution in [0.4, 0.5) is 0 Å². The Morgan fingerprint density at radius 3 is 1.90 bits per heavy atom. The molecule has 8 heteroatoms. The summed E-state index contributed by atoms with van der Waals surface area (Å²) in [6, 6.07) is 0. The molecule has 0 spiro atoms. The van der Waals surface area contributed by atoms with Gasteiger partial charge in [-0.25, -0.2) is 0 Å². The Morgan fingerprint density at radius 1 is 1.00 bits per heavy atom. The van der Waals surface area contributed by atoms with Gasteiger partial charge >= 0.3 is 0 Å². The zero-order valence-corrected chi connectivity index (χ0v) is 12.0. The summed E-state index contributed by atoms with van der Waals surface area (Å²) < 4.78 is 10.2. The molecule has 0 bridgehead atoms. The van der Waals surface area contributed by atoms with Crippen molar-refractivity contribution < 1.29 is 34.7 Å². The van der Waals surface area contributed by atoms with Gasteiger partial charge in [0.05, 0.1) is 6.10 Å². The summed E-state index contributed by atoms with van der Waals surface area (Å²) in [5.41, 5.74) is 0. The molecular weight excluding hydrogens is 270 g/mol. The number of hydrogen-bond donors (Lipinski definition) is 5. The lowest BCUT2D eigenvalue weighted by atomic mass is 10.0. The lowest BCUT2D eigenvalue weighted by Crippen LogP contribution is -2.52. The molecule has 4 atom stereocenters. The average molecular weight is 295 g/mol. The van der Waals surface area contributed by atoms with Gasteiger partial charge in [-0.2, -0.15) is 0 Å². The second-order valence-corrected chi connectivity index (χ2v) is 4.26. The van der Waals surface area contributed by atoms with E-state index in [1.54, 1.807) is 13.8 Å². The first kappa shape index (κ1) is 19.2. The zero-order chi connectivity index (χ0) is 15.7. The number of nitrogens with one attached hydrogen (secondary N) is 1. The molecule has 5 N–H and O–H groups in total. The fourth-order valence-electron chi connectivity index (χ4n) is 1.53. The summed E-state index contributed by atoms with van der Waals surface area (Å²) in [4.78, 5) is 10.7. The van der Waals surface area contributed by atoms with Gasteiger partial charge in [-0.05, 0) is 13.8 Å². The van der Waals surface area contributed by atoms with Crippen LogP contribution in [0, 0.1) is 0 Å². The second kappa shape index (κ2) is 10.0. The van der Waals surface area contributed by atoms with Crippen LogP contribution in [0.25, 0.3) is 0 Å². The summed E-state index contributed by atoms with van der Waals surface area (Å²) in [6.45, 7) is 4.89. The topological polar surface area (TPSA) is 128 Å². The Labute approximate surface area is 118 Å². The minimum Gasteiger partial charge on any atom is -0.388 e. The predicted molar refractivity (Wildman–Crippen MR) is 69.8 cm³/mol. The molecule has 0 heterocycles. The molecule has 0 aliphatic carbocycles. The number of carbonyl (C=O) groups excluding carboxylic acids is 1. The normalized spacial score (nSPS) is 17.6. The lowest BCUT2D eigenvalue weighted by molar-refractivity contribution is -0.227. The number of aliphatic hydroxyl groups is 4. The Bertz CT molecular complexity index is 271. The Balaban J connectivity index is 4.50. The molecule has 8 nitrogen and oxygen atoms in total. The smallest absolute Gasteiger partial charge is 0.216 e. The maximum Gasteiger partial charge on any atom is 0.216 e. The number of rotatable bonds is 10. The third-order valence-corrected chi connectivity index (χ3v) is 2.59. The highest BCUT2D eigenvalue weighted by molar-refractivity contribution is 5.72. The van der Waals surface area contributed by atoms with Crippen molar-refractivity contribution in [2.45, 2.75) is 51.5 Å². The van der Waals surface area contributed by atoms with E-state index in [2.05, 4.69) is 5.32 Å². The molecule has 0 saturated heterocycles. The van der Waals surface area contributed by atoms with Crippen LogP contribution in [0.2, 0.25) is 0 Å². The van der Waals surface area contributed by atoms with Crippen LogP contribution in [-0.4, -0.2) is 76.8 Å². The fraction of sp³-hybridized carbons (Fsp3) is 0.917. The van der Waals surface area contributed by atoms with E-state index >= 15 is 0 Å². The van der Waals surface area contributed by atoms with Crippen molar-refractivity contribution in [2.24, 2.45) is 0 Å². The van der Waals surface area contributed by atoms with Crippen molar-refractivity contribution >= 4 is 5.91 Å². The van der Waals surface area contributed by atoms with Gasteiger partial charge < -0.3 is 35.2 Å². The van der Waals surface area contributed by atoms with Crippen LogP contribution < -0.4 is 5.32 Å².